The summed E-state index contributed by atoms with van der Waals surface area (Å²) in [5.41, 5.74) is 0.194. The quantitative estimate of drug-likeness (QED) is 0.786. The van der Waals surface area contributed by atoms with E-state index in [9.17, 15) is 4.79 Å². The standard InChI is InChI=1S/C15H21NO3/c1-10(16(4)5)18-11-6-7-12-13(17)9-15(2,3)19-14(12)8-11/h6-8,10H,9H2,1-5H3. The maximum absolute atomic E-state index is 12.0. The molecule has 2 rings (SSSR count). The fourth-order valence-corrected chi connectivity index (χ4v) is 2.01. The third-order valence-corrected chi connectivity index (χ3v) is 3.26. The van der Waals surface area contributed by atoms with E-state index in [1.165, 1.54) is 0 Å². The van der Waals surface area contributed by atoms with E-state index in [1.54, 1.807) is 12.1 Å². The van der Waals surface area contributed by atoms with Crippen LogP contribution in [0, 0.1) is 0 Å². The average molecular weight is 263 g/mol. The van der Waals surface area contributed by atoms with Crippen molar-refractivity contribution in [2.24, 2.45) is 0 Å². The topological polar surface area (TPSA) is 38.8 Å². The molecule has 1 aliphatic rings. The van der Waals surface area contributed by atoms with Gasteiger partial charge < -0.3 is 9.47 Å². The SMILES string of the molecule is CC(Oc1ccc2c(c1)OC(C)(C)CC2=O)N(C)C. The van der Waals surface area contributed by atoms with Gasteiger partial charge in [0.25, 0.3) is 0 Å². The summed E-state index contributed by atoms with van der Waals surface area (Å²) >= 11 is 0. The molecule has 1 atom stereocenters. The van der Waals surface area contributed by atoms with Crippen LogP contribution in [0.2, 0.25) is 0 Å². The van der Waals surface area contributed by atoms with E-state index in [4.69, 9.17) is 9.47 Å². The van der Waals surface area contributed by atoms with E-state index in [1.807, 2.05) is 45.8 Å². The van der Waals surface area contributed by atoms with Gasteiger partial charge in [-0.3, -0.25) is 9.69 Å². The number of fused-ring (bicyclic) bond motifs is 1. The van der Waals surface area contributed by atoms with Crippen molar-refractivity contribution in [2.45, 2.75) is 39.0 Å². The summed E-state index contributed by atoms with van der Waals surface area (Å²) in [4.78, 5) is 14.0. The lowest BCUT2D eigenvalue weighted by molar-refractivity contribution is 0.0604. The van der Waals surface area contributed by atoms with Crippen molar-refractivity contribution >= 4 is 5.78 Å². The number of hydrogen-bond acceptors (Lipinski definition) is 4. The number of benzene rings is 1. The first-order chi connectivity index (χ1) is 8.78. The van der Waals surface area contributed by atoms with Crippen LogP contribution in [0.5, 0.6) is 11.5 Å². The molecule has 0 bridgehead atoms. The van der Waals surface area contributed by atoms with Crippen LogP contribution in [-0.4, -0.2) is 36.6 Å². The first kappa shape index (κ1) is 13.9. The van der Waals surface area contributed by atoms with Gasteiger partial charge in [-0.25, -0.2) is 0 Å². The molecule has 0 saturated carbocycles. The Kier molecular flexibility index (Phi) is 3.54. The molecule has 0 aromatic heterocycles. The van der Waals surface area contributed by atoms with Gasteiger partial charge in [-0.1, -0.05) is 0 Å². The second kappa shape index (κ2) is 4.85. The van der Waals surface area contributed by atoms with E-state index in [-0.39, 0.29) is 12.0 Å². The first-order valence-electron chi connectivity index (χ1n) is 6.48. The third-order valence-electron chi connectivity index (χ3n) is 3.26. The highest BCUT2D eigenvalue weighted by Gasteiger charge is 2.32. The van der Waals surface area contributed by atoms with Crippen LogP contribution in [-0.2, 0) is 0 Å². The number of hydrogen-bond donors (Lipinski definition) is 0. The zero-order chi connectivity index (χ0) is 14.2. The third kappa shape index (κ3) is 3.07. The summed E-state index contributed by atoms with van der Waals surface area (Å²) in [6.45, 7) is 5.81. The molecule has 19 heavy (non-hydrogen) atoms. The van der Waals surface area contributed by atoms with Crippen molar-refractivity contribution < 1.29 is 14.3 Å². The van der Waals surface area contributed by atoms with Gasteiger partial charge in [0, 0.05) is 6.07 Å². The lowest BCUT2D eigenvalue weighted by Gasteiger charge is -2.32. The lowest BCUT2D eigenvalue weighted by Crippen LogP contribution is -2.36. The molecule has 1 aliphatic heterocycles. The Morgan fingerprint density at radius 1 is 1.37 bits per heavy atom. The molecule has 1 aromatic rings. The molecule has 0 radical (unpaired) electrons. The number of rotatable bonds is 3. The molecule has 1 aromatic carbocycles. The van der Waals surface area contributed by atoms with Gasteiger partial charge in [0.2, 0.25) is 0 Å². The number of carbonyl (C=O) groups is 1. The van der Waals surface area contributed by atoms with E-state index < -0.39 is 5.60 Å². The van der Waals surface area contributed by atoms with Crippen LogP contribution < -0.4 is 9.47 Å². The number of carbonyl (C=O) groups excluding carboxylic acids is 1. The maximum Gasteiger partial charge on any atom is 0.170 e. The Bertz CT molecular complexity index is 494. The molecule has 0 amide bonds. The predicted molar refractivity (Wildman–Crippen MR) is 73.9 cm³/mol. The minimum absolute atomic E-state index is 0.0367. The van der Waals surface area contributed by atoms with Crippen molar-refractivity contribution in [2.75, 3.05) is 14.1 Å². The summed E-state index contributed by atoms with van der Waals surface area (Å²) in [6.07, 6.45) is 0.374. The molecule has 0 fully saturated rings. The second-order valence-corrected chi connectivity index (χ2v) is 5.80. The van der Waals surface area contributed by atoms with Gasteiger partial charge in [0.1, 0.15) is 23.3 Å². The summed E-state index contributed by atoms with van der Waals surface area (Å²) in [7, 11) is 3.90. The predicted octanol–water partition coefficient (Wildman–Crippen LogP) is 2.72. The molecule has 0 N–H and O–H groups in total. The zero-order valence-corrected chi connectivity index (χ0v) is 12.2. The Labute approximate surface area is 114 Å². The minimum atomic E-state index is -0.449. The van der Waals surface area contributed by atoms with Crippen LogP contribution in [0.25, 0.3) is 0 Å². The zero-order valence-electron chi connectivity index (χ0n) is 12.2. The number of Topliss-reactive ketones (excluding diaryl/α,β-unsaturated/α-hetero) is 1. The largest absolute Gasteiger partial charge is 0.486 e. The van der Waals surface area contributed by atoms with Gasteiger partial charge >= 0.3 is 0 Å². The molecule has 4 heteroatoms. The van der Waals surface area contributed by atoms with E-state index in [0.717, 1.165) is 0 Å². The van der Waals surface area contributed by atoms with E-state index >= 15 is 0 Å². The average Bonchev–Trinajstić information content (AvgIpc) is 2.26. The molecule has 1 heterocycles. The molecule has 4 nitrogen and oxygen atoms in total. The molecule has 0 saturated heterocycles. The number of ketones is 1. The van der Waals surface area contributed by atoms with Gasteiger partial charge in [-0.05, 0) is 47.0 Å². The molecular weight excluding hydrogens is 242 g/mol. The highest BCUT2D eigenvalue weighted by atomic mass is 16.5. The Morgan fingerprint density at radius 3 is 2.68 bits per heavy atom. The van der Waals surface area contributed by atoms with Crippen molar-refractivity contribution in [1.82, 2.24) is 4.90 Å². The highest BCUT2D eigenvalue weighted by Crippen LogP contribution is 2.35. The molecular formula is C15H21NO3. The second-order valence-electron chi connectivity index (χ2n) is 5.80. The summed E-state index contributed by atoms with van der Waals surface area (Å²) in [6, 6.07) is 5.40. The van der Waals surface area contributed by atoms with Gasteiger partial charge in [0.15, 0.2) is 5.78 Å². The summed E-state index contributed by atoms with van der Waals surface area (Å²) in [5, 5.41) is 0. The van der Waals surface area contributed by atoms with Crippen LogP contribution in [0.1, 0.15) is 37.6 Å². The van der Waals surface area contributed by atoms with Crippen LogP contribution in [0.3, 0.4) is 0 Å². The smallest absolute Gasteiger partial charge is 0.170 e. The van der Waals surface area contributed by atoms with Crippen LogP contribution in [0.15, 0.2) is 18.2 Å². The highest BCUT2D eigenvalue weighted by molar-refractivity contribution is 6.00. The van der Waals surface area contributed by atoms with Gasteiger partial charge in [-0.15, -0.1) is 0 Å². The fraction of sp³-hybridized carbons (Fsp3) is 0.533. The van der Waals surface area contributed by atoms with Gasteiger partial charge in [0.05, 0.1) is 12.0 Å². The fourth-order valence-electron chi connectivity index (χ4n) is 2.01. The van der Waals surface area contributed by atoms with Crippen LogP contribution in [0.4, 0.5) is 0 Å². The Morgan fingerprint density at radius 2 is 2.05 bits per heavy atom. The van der Waals surface area contributed by atoms with E-state index in [0.29, 0.717) is 23.5 Å². The van der Waals surface area contributed by atoms with Crippen LogP contribution >= 0.6 is 0 Å². The summed E-state index contributed by atoms with van der Waals surface area (Å²) < 4.78 is 11.6. The normalized spacial score (nSPS) is 18.7. The van der Waals surface area contributed by atoms with Crippen molar-refractivity contribution in [1.29, 1.82) is 0 Å². The van der Waals surface area contributed by atoms with Crippen molar-refractivity contribution in [3.05, 3.63) is 23.8 Å². The van der Waals surface area contributed by atoms with Crippen molar-refractivity contribution in [3.8, 4) is 11.5 Å². The number of nitrogens with zero attached hydrogens (tertiary/aromatic N) is 1. The minimum Gasteiger partial charge on any atom is -0.486 e. The molecule has 1 unspecified atom stereocenters. The van der Waals surface area contributed by atoms with Crippen molar-refractivity contribution in [3.63, 3.8) is 0 Å². The Balaban J connectivity index is 2.26. The van der Waals surface area contributed by atoms with Gasteiger partial charge in [-0.2, -0.15) is 0 Å². The van der Waals surface area contributed by atoms with E-state index in [2.05, 4.69) is 0 Å². The first-order valence-corrected chi connectivity index (χ1v) is 6.48. The maximum atomic E-state index is 12.0. The number of ether oxygens (including phenoxy) is 2. The molecule has 104 valence electrons. The molecule has 0 spiro atoms. The lowest BCUT2D eigenvalue weighted by atomic mass is 9.93. The molecule has 0 aliphatic carbocycles. The summed E-state index contributed by atoms with van der Waals surface area (Å²) in [5.74, 6) is 1.45. The Hall–Kier alpha value is -1.55. The monoisotopic (exact) mass is 263 g/mol.